The van der Waals surface area contributed by atoms with Gasteiger partial charge in [0.05, 0.1) is 18.3 Å². The van der Waals surface area contributed by atoms with Gasteiger partial charge in [0.15, 0.2) is 11.5 Å². The molecule has 6 rings (SSSR count). The van der Waals surface area contributed by atoms with Crippen molar-refractivity contribution in [1.82, 2.24) is 35.0 Å². The number of pyridine rings is 1. The number of ether oxygens (including phenoxy) is 1. The number of nitrogens with zero attached hydrogens (tertiary/aromatic N) is 7. The van der Waals surface area contributed by atoms with Crippen LogP contribution in [0.3, 0.4) is 0 Å². The van der Waals surface area contributed by atoms with E-state index in [2.05, 4.69) is 39.4 Å². The van der Waals surface area contributed by atoms with Gasteiger partial charge in [-0.2, -0.15) is 10.1 Å². The Bertz CT molecular complexity index is 1460. The summed E-state index contributed by atoms with van der Waals surface area (Å²) in [4.78, 5) is 25.9. The number of aryl methyl sites for hydroxylation is 2. The van der Waals surface area contributed by atoms with Gasteiger partial charge in [0.1, 0.15) is 5.75 Å². The lowest BCUT2D eigenvalue weighted by molar-refractivity contribution is 0.217. The maximum atomic E-state index is 12.8. The zero-order valence-electron chi connectivity index (χ0n) is 22.6. The van der Waals surface area contributed by atoms with Crippen molar-refractivity contribution in [3.05, 3.63) is 65.4 Å². The number of nitrogens with one attached hydrogen (secondary N) is 1. The van der Waals surface area contributed by atoms with Crippen LogP contribution < -0.4 is 15.0 Å². The molecular formula is C28H34N8O3. The average Bonchev–Trinajstić information content (AvgIpc) is 3.64. The van der Waals surface area contributed by atoms with E-state index in [4.69, 9.17) is 19.3 Å². The van der Waals surface area contributed by atoms with Gasteiger partial charge in [0.2, 0.25) is 5.89 Å². The lowest BCUT2D eigenvalue weighted by Crippen LogP contribution is -2.52. The molecule has 0 saturated carbocycles. The number of carbonyl (C=O) groups excluding carboxylic acids is 1. The summed E-state index contributed by atoms with van der Waals surface area (Å²) in [5.41, 5.74) is 2.83. The Morgan fingerprint density at radius 3 is 2.69 bits per heavy atom. The highest BCUT2D eigenvalue weighted by molar-refractivity contribution is 5.78. The van der Waals surface area contributed by atoms with Crippen LogP contribution in [0.25, 0.3) is 5.65 Å². The number of carbonyl (C=O) groups is 1. The second-order valence-electron chi connectivity index (χ2n) is 10.8. The highest BCUT2D eigenvalue weighted by Crippen LogP contribution is 2.30. The Labute approximate surface area is 227 Å². The Morgan fingerprint density at radius 2 is 1.95 bits per heavy atom. The third-order valence-electron chi connectivity index (χ3n) is 7.78. The molecule has 1 atom stereocenters. The zero-order valence-corrected chi connectivity index (χ0v) is 22.6. The van der Waals surface area contributed by atoms with Crippen molar-refractivity contribution >= 4 is 17.6 Å². The molecule has 1 spiro atoms. The van der Waals surface area contributed by atoms with Crippen LogP contribution in [0.15, 0.2) is 47.1 Å². The molecule has 0 unspecified atom stereocenters. The number of rotatable bonds is 8. The summed E-state index contributed by atoms with van der Waals surface area (Å²) >= 11 is 0. The number of anilines is 1. The molecule has 2 fully saturated rings. The predicted molar refractivity (Wildman–Crippen MR) is 145 cm³/mol. The van der Waals surface area contributed by atoms with Crippen molar-refractivity contribution in [2.75, 3.05) is 37.7 Å². The fourth-order valence-electron chi connectivity index (χ4n) is 5.48. The third-order valence-corrected chi connectivity index (χ3v) is 7.78. The number of amides is 2. The molecule has 3 aromatic heterocycles. The summed E-state index contributed by atoms with van der Waals surface area (Å²) < 4.78 is 13.0. The van der Waals surface area contributed by atoms with E-state index < -0.39 is 0 Å². The average molecular weight is 531 g/mol. The minimum absolute atomic E-state index is 0.0259. The molecule has 2 aliphatic rings. The second kappa shape index (κ2) is 10.2. The first kappa shape index (κ1) is 25.1. The third kappa shape index (κ3) is 5.25. The van der Waals surface area contributed by atoms with Gasteiger partial charge in [-0.1, -0.05) is 37.3 Å². The van der Waals surface area contributed by atoms with E-state index in [1.54, 1.807) is 11.4 Å². The number of hydrogen-bond donors (Lipinski definition) is 1. The maximum absolute atomic E-state index is 12.8. The molecule has 0 aliphatic carbocycles. The summed E-state index contributed by atoms with van der Waals surface area (Å²) in [5.74, 6) is 2.93. The van der Waals surface area contributed by atoms with Gasteiger partial charge in [-0.15, -0.1) is 0 Å². The zero-order chi connectivity index (χ0) is 27.0. The number of aromatic nitrogens is 5. The molecule has 11 heteroatoms. The van der Waals surface area contributed by atoms with Crippen molar-refractivity contribution < 1.29 is 14.1 Å². The van der Waals surface area contributed by atoms with Crippen LogP contribution in [-0.4, -0.2) is 74.0 Å². The first-order valence-corrected chi connectivity index (χ1v) is 13.5. The van der Waals surface area contributed by atoms with Crippen LogP contribution in [0.1, 0.15) is 48.5 Å². The maximum Gasteiger partial charge on any atom is 0.317 e. The molecule has 2 saturated heterocycles. The Kier molecular flexibility index (Phi) is 6.58. The van der Waals surface area contributed by atoms with E-state index in [1.807, 2.05) is 42.3 Å². The fourth-order valence-corrected chi connectivity index (χ4v) is 5.48. The summed E-state index contributed by atoms with van der Waals surface area (Å²) in [5, 5.41) is 12.0. The van der Waals surface area contributed by atoms with Crippen LogP contribution in [0.2, 0.25) is 0 Å². The van der Waals surface area contributed by atoms with E-state index in [-0.39, 0.29) is 17.5 Å². The Morgan fingerprint density at radius 1 is 1.15 bits per heavy atom. The fraction of sp³-hybridized carbons (Fsp3) is 0.464. The number of urea groups is 1. The van der Waals surface area contributed by atoms with E-state index in [1.165, 1.54) is 5.56 Å². The van der Waals surface area contributed by atoms with Gasteiger partial charge in [0, 0.05) is 45.4 Å². The lowest BCUT2D eigenvalue weighted by atomic mass is 9.88. The number of piperidine rings is 1. The monoisotopic (exact) mass is 530 g/mol. The molecule has 5 heterocycles. The molecule has 4 aromatic rings. The molecule has 1 N–H and O–H groups in total. The van der Waals surface area contributed by atoms with Crippen molar-refractivity contribution in [2.24, 2.45) is 0 Å². The first-order chi connectivity index (χ1) is 18.9. The quantitative estimate of drug-likeness (QED) is 0.368. The molecule has 0 radical (unpaired) electrons. The summed E-state index contributed by atoms with van der Waals surface area (Å²) in [6, 6.07) is 12.3. The van der Waals surface area contributed by atoms with E-state index in [9.17, 15) is 4.79 Å². The van der Waals surface area contributed by atoms with Crippen molar-refractivity contribution in [3.63, 3.8) is 0 Å². The number of fused-ring (bicyclic) bond motifs is 1. The van der Waals surface area contributed by atoms with Crippen LogP contribution in [0.5, 0.6) is 5.75 Å². The van der Waals surface area contributed by atoms with E-state index >= 15 is 0 Å². The van der Waals surface area contributed by atoms with E-state index in [0.29, 0.717) is 43.8 Å². The molecule has 11 nitrogen and oxygen atoms in total. The molecule has 1 aromatic carbocycles. The van der Waals surface area contributed by atoms with Crippen molar-refractivity contribution in [2.45, 2.75) is 51.5 Å². The minimum atomic E-state index is -0.224. The first-order valence-electron chi connectivity index (χ1n) is 13.5. The van der Waals surface area contributed by atoms with Gasteiger partial charge in [-0.05, 0) is 42.1 Å². The smallest absolute Gasteiger partial charge is 0.317 e. The highest BCUT2D eigenvalue weighted by Gasteiger charge is 2.44. The topological polar surface area (TPSA) is 114 Å². The van der Waals surface area contributed by atoms with Crippen LogP contribution in [0.4, 0.5) is 10.7 Å². The molecule has 2 amide bonds. The van der Waals surface area contributed by atoms with Crippen molar-refractivity contribution in [1.29, 1.82) is 0 Å². The van der Waals surface area contributed by atoms with Gasteiger partial charge in [-0.25, -0.2) is 14.3 Å². The van der Waals surface area contributed by atoms with Crippen LogP contribution >= 0.6 is 0 Å². The Balaban J connectivity index is 1.05. The molecule has 0 bridgehead atoms. The Hall–Kier alpha value is -4.15. The molecular weight excluding hydrogens is 496 g/mol. The molecule has 204 valence electrons. The summed E-state index contributed by atoms with van der Waals surface area (Å²) in [7, 11) is 0. The standard InChI is InChI=1S/C28H34N8O3/c1-19-15-23(38-17-20(2)22-7-5-4-6-8-22)16-36-25(19)30-24(32-36)9-12-35-18-28(31-27(35)37)10-13-34(14-11-28)26-29-21(3)39-33-26/h4-8,15-16,20H,9-14,17-18H2,1-3H3,(H,31,37)/t20-/m0/s1. The second-order valence-corrected chi connectivity index (χ2v) is 10.8. The van der Waals surface area contributed by atoms with Gasteiger partial charge in [0.25, 0.3) is 5.95 Å². The number of hydrogen-bond acceptors (Lipinski definition) is 8. The highest BCUT2D eigenvalue weighted by atomic mass is 16.5. The normalized spacial score (nSPS) is 17.7. The number of benzene rings is 1. The largest absolute Gasteiger partial charge is 0.491 e. The SMILES string of the molecule is Cc1nc(N2CCC3(CC2)CN(CCc2nc4c(C)cc(OC[C@H](C)c5ccccc5)cn4n2)C(=O)N3)no1. The summed E-state index contributed by atoms with van der Waals surface area (Å²) in [6.45, 7) is 9.32. The minimum Gasteiger partial charge on any atom is -0.491 e. The van der Waals surface area contributed by atoms with Gasteiger partial charge in [-0.3, -0.25) is 0 Å². The van der Waals surface area contributed by atoms with E-state index in [0.717, 1.165) is 42.9 Å². The lowest BCUT2D eigenvalue weighted by Gasteiger charge is -2.38. The molecule has 2 aliphatic heterocycles. The van der Waals surface area contributed by atoms with Gasteiger partial charge >= 0.3 is 6.03 Å². The molecule has 39 heavy (non-hydrogen) atoms. The van der Waals surface area contributed by atoms with Crippen LogP contribution in [-0.2, 0) is 6.42 Å². The summed E-state index contributed by atoms with van der Waals surface area (Å²) in [6.07, 6.45) is 4.13. The van der Waals surface area contributed by atoms with Crippen molar-refractivity contribution in [3.8, 4) is 5.75 Å². The van der Waals surface area contributed by atoms with Gasteiger partial charge < -0.3 is 24.4 Å². The van der Waals surface area contributed by atoms with Crippen LogP contribution in [0, 0.1) is 13.8 Å². The predicted octanol–water partition coefficient (Wildman–Crippen LogP) is 3.52.